The van der Waals surface area contributed by atoms with Crippen molar-refractivity contribution in [2.45, 2.75) is 13.5 Å². The molecule has 1 aromatic rings. The predicted octanol–water partition coefficient (Wildman–Crippen LogP) is 1.38. The topological polar surface area (TPSA) is 75.4 Å². The number of rotatable bonds is 3. The van der Waals surface area contributed by atoms with Crippen molar-refractivity contribution in [2.75, 3.05) is 0 Å². The number of nitrogens with one attached hydrogen (secondary N) is 1. The second kappa shape index (κ2) is 3.97. The maximum atomic E-state index is 10.4. The molecule has 0 aromatic heterocycles. The zero-order valence-electron chi connectivity index (χ0n) is 7.15. The second-order valence-corrected chi connectivity index (χ2v) is 2.71. The molecule has 5 heteroatoms. The normalized spacial score (nSPS) is 10.0. The van der Waals surface area contributed by atoms with Gasteiger partial charge in [-0.2, -0.15) is 0 Å². The van der Waals surface area contributed by atoms with Gasteiger partial charge >= 0.3 is 0 Å². The molecule has 0 unspecified atom stereocenters. The first kappa shape index (κ1) is 9.63. The summed E-state index contributed by atoms with van der Waals surface area (Å²) in [4.78, 5) is 10.0. The Kier molecular flexibility index (Phi) is 2.94. The largest absolute Gasteiger partial charge is 0.316 e. The lowest BCUT2D eigenvalue weighted by molar-refractivity contribution is -0.385. The third kappa shape index (κ3) is 2.24. The van der Waals surface area contributed by atoms with Crippen molar-refractivity contribution in [3.63, 3.8) is 0 Å². The van der Waals surface area contributed by atoms with Crippen molar-refractivity contribution in [1.82, 2.24) is 5.48 Å². The fourth-order valence-corrected chi connectivity index (χ4v) is 1.12. The Morgan fingerprint density at radius 3 is 2.77 bits per heavy atom. The first-order chi connectivity index (χ1) is 6.15. The lowest BCUT2D eigenvalue weighted by Gasteiger charge is -2.01. The Hall–Kier alpha value is -1.46. The highest BCUT2D eigenvalue weighted by atomic mass is 16.6. The quantitative estimate of drug-likeness (QED) is 0.547. The molecular formula is C8H10N2O3. The molecule has 0 aliphatic rings. The van der Waals surface area contributed by atoms with E-state index in [0.717, 1.165) is 5.56 Å². The molecule has 0 bridgehead atoms. The molecule has 2 N–H and O–H groups in total. The molecule has 0 radical (unpaired) electrons. The van der Waals surface area contributed by atoms with Crippen molar-refractivity contribution in [3.05, 3.63) is 39.4 Å². The number of hydroxylamine groups is 1. The summed E-state index contributed by atoms with van der Waals surface area (Å²) >= 11 is 0. The van der Waals surface area contributed by atoms with Gasteiger partial charge in [0, 0.05) is 18.2 Å². The van der Waals surface area contributed by atoms with Crippen molar-refractivity contribution in [3.8, 4) is 0 Å². The summed E-state index contributed by atoms with van der Waals surface area (Å²) in [7, 11) is 0. The Balaban J connectivity index is 2.98. The molecule has 0 spiro atoms. The summed E-state index contributed by atoms with van der Waals surface area (Å²) in [5.74, 6) is 0. The summed E-state index contributed by atoms with van der Waals surface area (Å²) in [6.07, 6.45) is 0. The van der Waals surface area contributed by atoms with E-state index >= 15 is 0 Å². The van der Waals surface area contributed by atoms with Crippen LogP contribution in [0.3, 0.4) is 0 Å². The van der Waals surface area contributed by atoms with Crippen LogP contribution < -0.4 is 5.48 Å². The van der Waals surface area contributed by atoms with Gasteiger partial charge in [-0.3, -0.25) is 10.1 Å². The van der Waals surface area contributed by atoms with E-state index in [1.54, 1.807) is 19.1 Å². The van der Waals surface area contributed by atoms with Gasteiger partial charge in [0.15, 0.2) is 0 Å². The van der Waals surface area contributed by atoms with Gasteiger partial charge in [-0.25, -0.2) is 5.48 Å². The van der Waals surface area contributed by atoms with Crippen LogP contribution in [0.2, 0.25) is 0 Å². The number of nitro benzene ring substituents is 1. The van der Waals surface area contributed by atoms with Crippen molar-refractivity contribution in [1.29, 1.82) is 0 Å². The molecule has 13 heavy (non-hydrogen) atoms. The lowest BCUT2D eigenvalue weighted by Crippen LogP contribution is -2.06. The van der Waals surface area contributed by atoms with Crippen LogP contribution >= 0.6 is 0 Å². The van der Waals surface area contributed by atoms with E-state index in [2.05, 4.69) is 0 Å². The van der Waals surface area contributed by atoms with Gasteiger partial charge in [-0.1, -0.05) is 6.07 Å². The van der Waals surface area contributed by atoms with Gasteiger partial charge in [-0.15, -0.1) is 0 Å². The molecule has 70 valence electrons. The molecular weight excluding hydrogens is 172 g/mol. The van der Waals surface area contributed by atoms with Crippen molar-refractivity contribution >= 4 is 5.69 Å². The summed E-state index contributed by atoms with van der Waals surface area (Å²) < 4.78 is 0. The van der Waals surface area contributed by atoms with Crippen LogP contribution in [0.4, 0.5) is 5.69 Å². The first-order valence-corrected chi connectivity index (χ1v) is 3.76. The summed E-state index contributed by atoms with van der Waals surface area (Å²) in [5.41, 5.74) is 3.49. The number of benzene rings is 1. The first-order valence-electron chi connectivity index (χ1n) is 3.76. The molecule has 0 heterocycles. The summed E-state index contributed by atoms with van der Waals surface area (Å²) in [6, 6.07) is 4.71. The van der Waals surface area contributed by atoms with Crippen LogP contribution in [0, 0.1) is 17.0 Å². The number of aryl methyl sites for hydroxylation is 1. The molecule has 0 fully saturated rings. The average molecular weight is 182 g/mol. The third-order valence-electron chi connectivity index (χ3n) is 1.74. The number of hydrogen-bond acceptors (Lipinski definition) is 4. The zero-order valence-corrected chi connectivity index (χ0v) is 7.15. The minimum atomic E-state index is -0.425. The summed E-state index contributed by atoms with van der Waals surface area (Å²) in [6.45, 7) is 1.96. The van der Waals surface area contributed by atoms with E-state index in [1.807, 2.05) is 5.48 Å². The fourth-order valence-electron chi connectivity index (χ4n) is 1.12. The van der Waals surface area contributed by atoms with Gasteiger partial charge in [0.1, 0.15) is 0 Å². The van der Waals surface area contributed by atoms with E-state index in [9.17, 15) is 10.1 Å². The minimum Gasteiger partial charge on any atom is -0.316 e. The Morgan fingerprint density at radius 2 is 2.31 bits per heavy atom. The minimum absolute atomic E-state index is 0.0988. The van der Waals surface area contributed by atoms with E-state index in [4.69, 9.17) is 5.21 Å². The van der Waals surface area contributed by atoms with Crippen LogP contribution in [0.15, 0.2) is 18.2 Å². The van der Waals surface area contributed by atoms with Crippen LogP contribution in [0.25, 0.3) is 0 Å². The molecule has 0 aliphatic carbocycles. The highest BCUT2D eigenvalue weighted by Crippen LogP contribution is 2.18. The smallest absolute Gasteiger partial charge is 0.272 e. The second-order valence-electron chi connectivity index (χ2n) is 2.71. The number of nitro groups is 1. The highest BCUT2D eigenvalue weighted by molar-refractivity contribution is 5.41. The average Bonchev–Trinajstić information content (AvgIpc) is 2.04. The van der Waals surface area contributed by atoms with Crippen molar-refractivity contribution in [2.24, 2.45) is 0 Å². The van der Waals surface area contributed by atoms with Crippen LogP contribution in [0.5, 0.6) is 0 Å². The Bertz CT molecular complexity index is 325. The van der Waals surface area contributed by atoms with E-state index in [0.29, 0.717) is 12.1 Å². The molecule has 5 nitrogen and oxygen atoms in total. The van der Waals surface area contributed by atoms with Gasteiger partial charge in [-0.05, 0) is 18.6 Å². The van der Waals surface area contributed by atoms with Gasteiger partial charge in [0.05, 0.1) is 4.92 Å². The maximum Gasteiger partial charge on any atom is 0.272 e. The van der Waals surface area contributed by atoms with E-state index in [-0.39, 0.29) is 5.69 Å². The van der Waals surface area contributed by atoms with Crippen LogP contribution in [-0.2, 0) is 6.54 Å². The van der Waals surface area contributed by atoms with Gasteiger partial charge < -0.3 is 5.21 Å². The number of nitrogens with zero attached hydrogens (tertiary/aromatic N) is 1. The molecule has 0 amide bonds. The van der Waals surface area contributed by atoms with Crippen LogP contribution in [0.1, 0.15) is 11.1 Å². The van der Waals surface area contributed by atoms with Crippen molar-refractivity contribution < 1.29 is 10.1 Å². The molecule has 0 aliphatic heterocycles. The Morgan fingerprint density at radius 1 is 1.62 bits per heavy atom. The SMILES string of the molecule is Cc1cc(CNO)ccc1[N+](=O)[O-]. The van der Waals surface area contributed by atoms with E-state index in [1.165, 1.54) is 6.07 Å². The van der Waals surface area contributed by atoms with Gasteiger partial charge in [0.25, 0.3) is 5.69 Å². The molecule has 0 saturated carbocycles. The predicted molar refractivity (Wildman–Crippen MR) is 46.5 cm³/mol. The zero-order chi connectivity index (χ0) is 9.84. The van der Waals surface area contributed by atoms with Gasteiger partial charge in [0.2, 0.25) is 0 Å². The Labute approximate surface area is 75.1 Å². The molecule has 1 aromatic carbocycles. The molecule has 0 atom stereocenters. The lowest BCUT2D eigenvalue weighted by atomic mass is 10.1. The highest BCUT2D eigenvalue weighted by Gasteiger charge is 2.09. The van der Waals surface area contributed by atoms with Crippen LogP contribution in [-0.4, -0.2) is 10.1 Å². The maximum absolute atomic E-state index is 10.4. The molecule has 1 rings (SSSR count). The monoisotopic (exact) mass is 182 g/mol. The standard InChI is InChI=1S/C8H10N2O3/c1-6-4-7(5-9-11)2-3-8(6)10(12)13/h2-4,9,11H,5H2,1H3. The number of hydrogen-bond donors (Lipinski definition) is 2. The third-order valence-corrected chi connectivity index (χ3v) is 1.74. The molecule has 0 saturated heterocycles. The fraction of sp³-hybridized carbons (Fsp3) is 0.250. The summed E-state index contributed by atoms with van der Waals surface area (Å²) in [5, 5.41) is 18.8. The van der Waals surface area contributed by atoms with E-state index < -0.39 is 4.92 Å².